The summed E-state index contributed by atoms with van der Waals surface area (Å²) in [5, 5.41) is 0. The molecule has 1 unspecified atom stereocenters. The summed E-state index contributed by atoms with van der Waals surface area (Å²) in [6, 6.07) is 15.7. The van der Waals surface area contributed by atoms with Crippen LogP contribution in [0, 0.1) is 13.8 Å². The maximum atomic E-state index is 12.5. The molecule has 2 aromatic carbocycles. The zero-order valence-electron chi connectivity index (χ0n) is 13.6. The van der Waals surface area contributed by atoms with E-state index in [-0.39, 0.29) is 17.4 Å². The lowest BCUT2D eigenvalue weighted by Gasteiger charge is -2.10. The normalized spacial score (nSPS) is 17.1. The number of hydrogen-bond acceptors (Lipinski definition) is 5. The summed E-state index contributed by atoms with van der Waals surface area (Å²) in [5.41, 5.74) is 10.0. The number of ether oxygens (including phenoxy) is 1. The Bertz CT molecular complexity index is 783. The number of ketones is 1. The molecular formula is C19H19NO3S. The maximum absolute atomic E-state index is 12.5. The summed E-state index contributed by atoms with van der Waals surface area (Å²) in [6.45, 7) is 4.03. The number of Topliss-reactive ketones (excluding diaryl/α,β-unsaturated/α-hetero) is 1. The Morgan fingerprint density at radius 1 is 1.12 bits per heavy atom. The Balaban J connectivity index is 1.62. The summed E-state index contributed by atoms with van der Waals surface area (Å²) in [7, 11) is 0. The third-order valence-electron chi connectivity index (χ3n) is 3.76. The van der Waals surface area contributed by atoms with Gasteiger partial charge in [0.05, 0.1) is 17.8 Å². The average molecular weight is 341 g/mol. The number of carbonyl (C=O) groups is 1. The van der Waals surface area contributed by atoms with Gasteiger partial charge < -0.3 is 14.7 Å². The lowest BCUT2D eigenvalue weighted by atomic mass is 10.0. The fourth-order valence-corrected chi connectivity index (χ4v) is 3.13. The molecule has 1 atom stereocenters. The molecule has 0 radical (unpaired) electrons. The van der Waals surface area contributed by atoms with Crippen molar-refractivity contribution in [3.63, 3.8) is 0 Å². The fourth-order valence-electron chi connectivity index (χ4n) is 2.48. The van der Waals surface area contributed by atoms with Gasteiger partial charge in [-0.15, -0.1) is 0 Å². The van der Waals surface area contributed by atoms with Crippen molar-refractivity contribution in [3.05, 3.63) is 82.4 Å². The van der Waals surface area contributed by atoms with Crippen LogP contribution < -0.4 is 5.73 Å². The molecule has 0 saturated heterocycles. The van der Waals surface area contributed by atoms with Crippen LogP contribution in [-0.4, -0.2) is 5.78 Å². The van der Waals surface area contributed by atoms with Crippen molar-refractivity contribution >= 4 is 17.8 Å². The number of carbonyl (C=O) groups excluding carboxylic acids is 1. The maximum Gasteiger partial charge on any atom is 0.249 e. The number of nitrogens with two attached hydrogens (primary N) is 1. The highest BCUT2D eigenvalue weighted by atomic mass is 32.2. The minimum Gasteiger partial charge on any atom is -0.460 e. The number of benzene rings is 2. The Kier molecular flexibility index (Phi) is 4.81. The molecule has 0 aromatic heterocycles. The van der Waals surface area contributed by atoms with E-state index < -0.39 is 6.10 Å². The molecule has 4 nitrogen and oxygen atoms in total. The fraction of sp³-hybridized carbons (Fsp3) is 0.211. The Hall–Kier alpha value is -2.40. The highest BCUT2D eigenvalue weighted by molar-refractivity contribution is 7.94. The van der Waals surface area contributed by atoms with E-state index >= 15 is 0 Å². The molecule has 0 amide bonds. The topological polar surface area (TPSA) is 61.6 Å². The van der Waals surface area contributed by atoms with Crippen LogP contribution in [0.2, 0.25) is 0 Å². The smallest absolute Gasteiger partial charge is 0.249 e. The molecule has 2 aromatic rings. The van der Waals surface area contributed by atoms with Gasteiger partial charge in [-0.1, -0.05) is 59.7 Å². The zero-order valence-corrected chi connectivity index (χ0v) is 14.4. The van der Waals surface area contributed by atoms with Crippen LogP contribution in [0.25, 0.3) is 0 Å². The van der Waals surface area contributed by atoms with Crippen LogP contribution in [0.1, 0.15) is 28.4 Å². The highest BCUT2D eigenvalue weighted by Crippen LogP contribution is 2.34. The first-order valence-corrected chi connectivity index (χ1v) is 8.58. The molecule has 1 aliphatic rings. The number of hydrogen-bond donors (Lipinski definition) is 1. The summed E-state index contributed by atoms with van der Waals surface area (Å²) in [5.74, 6) is 0.523. The largest absolute Gasteiger partial charge is 0.460 e. The van der Waals surface area contributed by atoms with Gasteiger partial charge in [-0.3, -0.25) is 4.79 Å². The molecule has 0 spiro atoms. The van der Waals surface area contributed by atoms with E-state index in [9.17, 15) is 4.79 Å². The standard InChI is InChI=1S/C19H19NO3S/c1-12-6-8-15(9-7-12)17-16(21)18(19(20)22-17)23-24-11-14-5-3-4-13(2)10-14/h3-10,17H,11,20H2,1-2H3. The van der Waals surface area contributed by atoms with Gasteiger partial charge in [-0.2, -0.15) is 0 Å². The number of aryl methyl sites for hydroxylation is 2. The summed E-state index contributed by atoms with van der Waals surface area (Å²) in [4.78, 5) is 12.5. The van der Waals surface area contributed by atoms with Gasteiger partial charge in [0.25, 0.3) is 0 Å². The van der Waals surface area contributed by atoms with Gasteiger partial charge in [0.15, 0.2) is 6.10 Å². The first kappa shape index (κ1) is 16.5. The Morgan fingerprint density at radius 3 is 2.58 bits per heavy atom. The second-order valence-corrected chi connectivity index (χ2v) is 6.49. The van der Waals surface area contributed by atoms with E-state index in [4.69, 9.17) is 14.7 Å². The van der Waals surface area contributed by atoms with E-state index in [0.717, 1.165) is 16.7 Å². The van der Waals surface area contributed by atoms with Gasteiger partial charge in [0.1, 0.15) is 0 Å². The Morgan fingerprint density at radius 2 is 1.88 bits per heavy atom. The first-order chi connectivity index (χ1) is 11.5. The molecule has 2 N–H and O–H groups in total. The van der Waals surface area contributed by atoms with Crippen molar-refractivity contribution in [1.29, 1.82) is 0 Å². The van der Waals surface area contributed by atoms with Crippen molar-refractivity contribution in [2.24, 2.45) is 5.73 Å². The van der Waals surface area contributed by atoms with Crippen LogP contribution in [-0.2, 0) is 19.5 Å². The molecule has 0 fully saturated rings. The van der Waals surface area contributed by atoms with Gasteiger partial charge in [0.2, 0.25) is 17.4 Å². The lowest BCUT2D eigenvalue weighted by molar-refractivity contribution is -0.122. The van der Waals surface area contributed by atoms with Crippen LogP contribution in [0.5, 0.6) is 0 Å². The van der Waals surface area contributed by atoms with E-state index in [0.29, 0.717) is 5.75 Å². The predicted molar refractivity (Wildman–Crippen MR) is 94.8 cm³/mol. The van der Waals surface area contributed by atoms with E-state index in [1.165, 1.54) is 17.6 Å². The third kappa shape index (κ3) is 3.57. The molecule has 0 saturated carbocycles. The zero-order chi connectivity index (χ0) is 17.1. The van der Waals surface area contributed by atoms with Crippen molar-refractivity contribution < 1.29 is 13.7 Å². The average Bonchev–Trinajstić information content (AvgIpc) is 2.84. The predicted octanol–water partition coefficient (Wildman–Crippen LogP) is 3.94. The minimum absolute atomic E-state index is 0.0438. The molecular weight excluding hydrogens is 322 g/mol. The van der Waals surface area contributed by atoms with Crippen molar-refractivity contribution in [2.45, 2.75) is 25.7 Å². The minimum atomic E-state index is -0.722. The van der Waals surface area contributed by atoms with Crippen LogP contribution in [0.3, 0.4) is 0 Å². The molecule has 3 rings (SSSR count). The van der Waals surface area contributed by atoms with E-state index in [1.54, 1.807) is 0 Å². The van der Waals surface area contributed by atoms with Crippen LogP contribution >= 0.6 is 12.0 Å². The Labute approximate surface area is 145 Å². The lowest BCUT2D eigenvalue weighted by Crippen LogP contribution is -2.10. The molecule has 1 heterocycles. The van der Waals surface area contributed by atoms with E-state index in [1.807, 2.05) is 56.3 Å². The van der Waals surface area contributed by atoms with Crippen LogP contribution in [0.4, 0.5) is 0 Å². The molecule has 1 aliphatic heterocycles. The summed E-state index contributed by atoms with van der Waals surface area (Å²) < 4.78 is 11.0. The monoisotopic (exact) mass is 341 g/mol. The molecule has 0 aliphatic carbocycles. The third-order valence-corrected chi connectivity index (χ3v) is 4.50. The quantitative estimate of drug-likeness (QED) is 0.835. The highest BCUT2D eigenvalue weighted by Gasteiger charge is 2.37. The van der Waals surface area contributed by atoms with Gasteiger partial charge in [-0.05, 0) is 19.4 Å². The van der Waals surface area contributed by atoms with Crippen molar-refractivity contribution in [3.8, 4) is 0 Å². The van der Waals surface area contributed by atoms with E-state index in [2.05, 4.69) is 6.07 Å². The van der Waals surface area contributed by atoms with Gasteiger partial charge in [-0.25, -0.2) is 0 Å². The molecule has 124 valence electrons. The summed E-state index contributed by atoms with van der Waals surface area (Å²) in [6.07, 6.45) is -0.722. The SMILES string of the molecule is Cc1ccc(C2OC(N)=C(OSCc3cccc(C)c3)C2=O)cc1. The van der Waals surface area contributed by atoms with Gasteiger partial charge in [0, 0.05) is 5.56 Å². The van der Waals surface area contributed by atoms with Gasteiger partial charge >= 0.3 is 0 Å². The molecule has 24 heavy (non-hydrogen) atoms. The van der Waals surface area contributed by atoms with Crippen LogP contribution in [0.15, 0.2) is 60.2 Å². The summed E-state index contributed by atoms with van der Waals surface area (Å²) >= 11 is 1.18. The second-order valence-electron chi connectivity index (χ2n) is 5.80. The van der Waals surface area contributed by atoms with Crippen molar-refractivity contribution in [2.75, 3.05) is 0 Å². The first-order valence-electron chi connectivity index (χ1n) is 7.67. The number of rotatable bonds is 5. The van der Waals surface area contributed by atoms with Crippen molar-refractivity contribution in [1.82, 2.24) is 0 Å². The second kappa shape index (κ2) is 7.01. The molecule has 5 heteroatoms. The molecule has 0 bridgehead atoms.